The van der Waals surface area contributed by atoms with Crippen molar-refractivity contribution in [3.63, 3.8) is 0 Å². The van der Waals surface area contributed by atoms with Crippen molar-refractivity contribution in [1.82, 2.24) is 9.97 Å². The molecule has 0 aliphatic rings. The second-order valence-corrected chi connectivity index (χ2v) is 4.60. The largest absolute Gasteiger partial charge is 0.373 e. The van der Waals surface area contributed by atoms with Gasteiger partial charge in [0, 0.05) is 18.8 Å². The smallest absolute Gasteiger partial charge is 0.137 e. The number of hydrogen-bond donors (Lipinski definition) is 2. The summed E-state index contributed by atoms with van der Waals surface area (Å²) < 4.78 is 13.7. The van der Waals surface area contributed by atoms with Gasteiger partial charge >= 0.3 is 0 Å². The third-order valence-electron chi connectivity index (χ3n) is 2.45. The Morgan fingerprint density at radius 2 is 1.89 bits per heavy atom. The molecule has 0 saturated carbocycles. The number of anilines is 3. The van der Waals surface area contributed by atoms with Gasteiger partial charge in [-0.3, -0.25) is 0 Å². The molecule has 0 unspecified atom stereocenters. The lowest BCUT2D eigenvalue weighted by Gasteiger charge is -2.10. The molecule has 0 aliphatic carbocycles. The van der Waals surface area contributed by atoms with Crippen LogP contribution in [0, 0.1) is 12.7 Å². The number of aromatic nitrogens is 2. The lowest BCUT2D eigenvalue weighted by molar-refractivity contribution is 0.620. The number of hydrogen-bond acceptors (Lipinski definition) is 4. The van der Waals surface area contributed by atoms with Crippen LogP contribution in [0.3, 0.4) is 0 Å². The first-order valence-corrected chi connectivity index (χ1v) is 6.12. The number of nitrogens with one attached hydrogen (secondary N) is 2. The zero-order valence-electron chi connectivity index (χ0n) is 9.96. The third kappa shape index (κ3) is 2.76. The summed E-state index contributed by atoms with van der Waals surface area (Å²) in [6.07, 6.45) is 1.46. The Kier molecular flexibility index (Phi) is 3.76. The monoisotopic (exact) mass is 310 g/mol. The quantitative estimate of drug-likeness (QED) is 0.911. The molecular formula is C12H12BrFN4. The highest BCUT2D eigenvalue weighted by Gasteiger charge is 2.06. The molecule has 18 heavy (non-hydrogen) atoms. The highest BCUT2D eigenvalue weighted by Crippen LogP contribution is 2.26. The summed E-state index contributed by atoms with van der Waals surface area (Å²) >= 11 is 3.16. The van der Waals surface area contributed by atoms with Gasteiger partial charge in [0.05, 0.1) is 4.47 Å². The van der Waals surface area contributed by atoms with Gasteiger partial charge in [-0.05, 0) is 40.5 Å². The average molecular weight is 311 g/mol. The van der Waals surface area contributed by atoms with Crippen molar-refractivity contribution in [3.05, 3.63) is 40.4 Å². The van der Waals surface area contributed by atoms with Crippen LogP contribution >= 0.6 is 15.9 Å². The predicted molar refractivity (Wildman–Crippen MR) is 73.7 cm³/mol. The molecule has 0 fully saturated rings. The first-order chi connectivity index (χ1) is 8.60. The molecule has 0 atom stereocenters. The van der Waals surface area contributed by atoms with E-state index in [2.05, 4.69) is 36.5 Å². The molecule has 2 aromatic rings. The fourth-order valence-corrected chi connectivity index (χ4v) is 1.82. The Morgan fingerprint density at radius 3 is 2.61 bits per heavy atom. The van der Waals surface area contributed by atoms with Gasteiger partial charge in [-0.25, -0.2) is 14.4 Å². The van der Waals surface area contributed by atoms with Crippen LogP contribution in [0.1, 0.15) is 5.56 Å². The molecule has 0 saturated heterocycles. The van der Waals surface area contributed by atoms with E-state index in [1.807, 2.05) is 6.92 Å². The molecule has 1 heterocycles. The molecule has 0 spiro atoms. The van der Waals surface area contributed by atoms with Gasteiger partial charge in [-0.1, -0.05) is 0 Å². The van der Waals surface area contributed by atoms with Gasteiger partial charge in [0.15, 0.2) is 0 Å². The SMILES string of the molecule is CNc1cc(Nc2cc(Br)c(F)cc2C)ncn1. The minimum atomic E-state index is -0.281. The number of nitrogens with zero attached hydrogens (tertiary/aromatic N) is 2. The topological polar surface area (TPSA) is 49.8 Å². The molecule has 2 N–H and O–H groups in total. The molecule has 1 aromatic carbocycles. The molecular weight excluding hydrogens is 299 g/mol. The molecule has 0 amide bonds. The Labute approximate surface area is 113 Å². The Morgan fingerprint density at radius 1 is 1.17 bits per heavy atom. The van der Waals surface area contributed by atoms with Crippen LogP contribution in [-0.4, -0.2) is 17.0 Å². The van der Waals surface area contributed by atoms with E-state index >= 15 is 0 Å². The highest BCUT2D eigenvalue weighted by molar-refractivity contribution is 9.10. The van der Waals surface area contributed by atoms with Gasteiger partial charge in [-0.15, -0.1) is 0 Å². The summed E-state index contributed by atoms with van der Waals surface area (Å²) in [6.45, 7) is 1.83. The first-order valence-electron chi connectivity index (χ1n) is 5.32. The van der Waals surface area contributed by atoms with E-state index in [0.717, 1.165) is 11.3 Å². The molecule has 0 bridgehead atoms. The van der Waals surface area contributed by atoms with E-state index in [1.54, 1.807) is 19.2 Å². The van der Waals surface area contributed by atoms with Crippen LogP contribution < -0.4 is 10.6 Å². The van der Waals surface area contributed by atoms with E-state index < -0.39 is 0 Å². The van der Waals surface area contributed by atoms with Gasteiger partial charge in [0.2, 0.25) is 0 Å². The number of benzene rings is 1. The molecule has 4 nitrogen and oxygen atoms in total. The van der Waals surface area contributed by atoms with Crippen LogP contribution in [0.25, 0.3) is 0 Å². The summed E-state index contributed by atoms with van der Waals surface area (Å²) in [7, 11) is 1.78. The lowest BCUT2D eigenvalue weighted by Crippen LogP contribution is -1.99. The molecule has 6 heteroatoms. The van der Waals surface area contributed by atoms with E-state index in [0.29, 0.717) is 16.1 Å². The number of halogens is 2. The predicted octanol–water partition coefficient (Wildman–Crippen LogP) is 3.47. The first kappa shape index (κ1) is 12.8. The second kappa shape index (κ2) is 5.30. The maximum Gasteiger partial charge on any atom is 0.137 e. The summed E-state index contributed by atoms with van der Waals surface area (Å²) in [6, 6.07) is 4.93. The number of rotatable bonds is 3. The van der Waals surface area contributed by atoms with Gasteiger partial charge in [0.1, 0.15) is 23.8 Å². The standard InChI is InChI=1S/C12H12BrFN4/c1-7-3-9(14)8(13)4-10(7)18-12-5-11(15-2)16-6-17-12/h3-6H,1-2H3,(H2,15,16,17,18). The minimum absolute atomic E-state index is 0.281. The van der Waals surface area contributed by atoms with Crippen molar-refractivity contribution in [1.29, 1.82) is 0 Å². The Hall–Kier alpha value is -1.69. The summed E-state index contributed by atoms with van der Waals surface area (Å²) in [5.41, 5.74) is 1.60. The Bertz CT molecular complexity index is 574. The molecule has 94 valence electrons. The normalized spacial score (nSPS) is 10.2. The third-order valence-corrected chi connectivity index (χ3v) is 3.06. The molecule has 0 radical (unpaired) electrons. The molecule has 1 aromatic heterocycles. The van der Waals surface area contributed by atoms with Crippen molar-refractivity contribution >= 4 is 33.3 Å². The highest BCUT2D eigenvalue weighted by atomic mass is 79.9. The summed E-state index contributed by atoms with van der Waals surface area (Å²) in [4.78, 5) is 8.13. The maximum absolute atomic E-state index is 13.3. The van der Waals surface area contributed by atoms with Crippen molar-refractivity contribution in [2.75, 3.05) is 17.7 Å². The fraction of sp³-hybridized carbons (Fsp3) is 0.167. The number of aryl methyl sites for hydroxylation is 1. The van der Waals surface area contributed by atoms with Crippen molar-refractivity contribution in [2.24, 2.45) is 0 Å². The fourth-order valence-electron chi connectivity index (χ4n) is 1.48. The van der Waals surface area contributed by atoms with Crippen LogP contribution in [0.2, 0.25) is 0 Å². The van der Waals surface area contributed by atoms with E-state index in [-0.39, 0.29) is 5.82 Å². The lowest BCUT2D eigenvalue weighted by atomic mass is 10.2. The van der Waals surface area contributed by atoms with Crippen LogP contribution in [0.15, 0.2) is 29.0 Å². The Balaban J connectivity index is 2.30. The van der Waals surface area contributed by atoms with Crippen LogP contribution in [0.5, 0.6) is 0 Å². The molecule has 2 rings (SSSR count). The van der Waals surface area contributed by atoms with Crippen molar-refractivity contribution in [3.8, 4) is 0 Å². The van der Waals surface area contributed by atoms with E-state index in [4.69, 9.17) is 0 Å². The van der Waals surface area contributed by atoms with Gasteiger partial charge in [-0.2, -0.15) is 0 Å². The average Bonchev–Trinajstić information content (AvgIpc) is 2.36. The summed E-state index contributed by atoms with van der Waals surface area (Å²) in [5, 5.41) is 6.06. The maximum atomic E-state index is 13.3. The summed E-state index contributed by atoms with van der Waals surface area (Å²) in [5.74, 6) is 1.08. The van der Waals surface area contributed by atoms with Crippen LogP contribution in [0.4, 0.5) is 21.7 Å². The van der Waals surface area contributed by atoms with Crippen molar-refractivity contribution < 1.29 is 4.39 Å². The minimum Gasteiger partial charge on any atom is -0.373 e. The van der Waals surface area contributed by atoms with Gasteiger partial charge in [0.25, 0.3) is 0 Å². The zero-order chi connectivity index (χ0) is 13.1. The molecule has 0 aliphatic heterocycles. The zero-order valence-corrected chi connectivity index (χ0v) is 11.5. The second-order valence-electron chi connectivity index (χ2n) is 3.74. The van der Waals surface area contributed by atoms with Gasteiger partial charge < -0.3 is 10.6 Å². The van der Waals surface area contributed by atoms with E-state index in [1.165, 1.54) is 12.4 Å². The van der Waals surface area contributed by atoms with Crippen molar-refractivity contribution in [2.45, 2.75) is 6.92 Å². The van der Waals surface area contributed by atoms with Crippen LogP contribution in [-0.2, 0) is 0 Å². The van der Waals surface area contributed by atoms with E-state index in [9.17, 15) is 4.39 Å².